The molecule has 21 heavy (non-hydrogen) atoms. The highest BCUT2D eigenvalue weighted by Crippen LogP contribution is 2.23. The van der Waals surface area contributed by atoms with E-state index in [2.05, 4.69) is 5.32 Å². The summed E-state index contributed by atoms with van der Waals surface area (Å²) in [5.41, 5.74) is 0. The highest BCUT2D eigenvalue weighted by molar-refractivity contribution is 5.79. The van der Waals surface area contributed by atoms with Crippen LogP contribution in [0.1, 0.15) is 64.2 Å². The summed E-state index contributed by atoms with van der Waals surface area (Å²) < 4.78 is 0. The molecule has 1 amide bonds. The molecule has 2 aliphatic rings. The topological polar surface area (TPSA) is 69.6 Å². The van der Waals surface area contributed by atoms with Crippen molar-refractivity contribution in [3.05, 3.63) is 0 Å². The molecule has 2 fully saturated rings. The van der Waals surface area contributed by atoms with Crippen LogP contribution in [0.4, 0.5) is 0 Å². The number of rotatable bonds is 6. The van der Waals surface area contributed by atoms with Crippen molar-refractivity contribution < 1.29 is 14.7 Å². The maximum absolute atomic E-state index is 12.2. The van der Waals surface area contributed by atoms with Gasteiger partial charge in [0.2, 0.25) is 5.91 Å². The number of carboxylic acids is 1. The van der Waals surface area contributed by atoms with E-state index in [9.17, 15) is 9.59 Å². The highest BCUT2D eigenvalue weighted by Gasteiger charge is 2.26. The van der Waals surface area contributed by atoms with E-state index in [-0.39, 0.29) is 31.1 Å². The van der Waals surface area contributed by atoms with Crippen molar-refractivity contribution in [1.82, 2.24) is 10.2 Å². The number of carbonyl (C=O) groups is 2. The minimum atomic E-state index is -0.843. The number of aliphatic carboxylic acids is 1. The SMILES string of the molecule is O=C(O)CN(CC(=O)NC1CCCCCC1)C1CCCC1. The number of hydrogen-bond acceptors (Lipinski definition) is 3. The van der Waals surface area contributed by atoms with Crippen LogP contribution in [0, 0.1) is 0 Å². The van der Waals surface area contributed by atoms with E-state index in [1.54, 1.807) is 0 Å². The zero-order valence-corrected chi connectivity index (χ0v) is 12.9. The number of amides is 1. The van der Waals surface area contributed by atoms with Gasteiger partial charge in [-0.25, -0.2) is 0 Å². The van der Waals surface area contributed by atoms with E-state index < -0.39 is 5.97 Å². The minimum absolute atomic E-state index is 0.00458. The van der Waals surface area contributed by atoms with Gasteiger partial charge < -0.3 is 10.4 Å². The summed E-state index contributed by atoms with van der Waals surface area (Å²) in [5, 5.41) is 12.2. The maximum atomic E-state index is 12.2. The third kappa shape index (κ3) is 5.65. The Morgan fingerprint density at radius 3 is 2.05 bits per heavy atom. The van der Waals surface area contributed by atoms with Crippen molar-refractivity contribution in [3.63, 3.8) is 0 Å². The average molecular weight is 296 g/mol. The van der Waals surface area contributed by atoms with E-state index in [1.807, 2.05) is 4.90 Å². The number of hydrogen-bond donors (Lipinski definition) is 2. The predicted molar refractivity (Wildman–Crippen MR) is 81.1 cm³/mol. The quantitative estimate of drug-likeness (QED) is 0.737. The number of carbonyl (C=O) groups excluding carboxylic acids is 1. The standard InChI is InChI=1S/C16H28N2O3/c19-15(17-13-7-3-1-2-4-8-13)11-18(12-16(20)21)14-9-5-6-10-14/h13-14H,1-12H2,(H,17,19)(H,20,21). The highest BCUT2D eigenvalue weighted by atomic mass is 16.4. The van der Waals surface area contributed by atoms with Crippen molar-refractivity contribution in [3.8, 4) is 0 Å². The van der Waals surface area contributed by atoms with Gasteiger partial charge in [-0.05, 0) is 25.7 Å². The van der Waals surface area contributed by atoms with E-state index >= 15 is 0 Å². The normalized spacial score (nSPS) is 21.4. The zero-order chi connectivity index (χ0) is 15.1. The molecule has 0 saturated heterocycles. The summed E-state index contributed by atoms with van der Waals surface area (Å²) in [7, 11) is 0. The van der Waals surface area contributed by atoms with Crippen LogP contribution in [-0.2, 0) is 9.59 Å². The Hall–Kier alpha value is -1.10. The van der Waals surface area contributed by atoms with Gasteiger partial charge in [0.05, 0.1) is 13.1 Å². The Morgan fingerprint density at radius 1 is 0.905 bits per heavy atom. The number of carboxylic acid groups (broad SMARTS) is 1. The largest absolute Gasteiger partial charge is 0.480 e. The first-order chi connectivity index (χ1) is 10.1. The van der Waals surface area contributed by atoms with Crippen LogP contribution >= 0.6 is 0 Å². The van der Waals surface area contributed by atoms with Crippen LogP contribution in [-0.4, -0.2) is 47.1 Å². The third-order valence-electron chi connectivity index (χ3n) is 4.75. The second-order valence-electron chi connectivity index (χ2n) is 6.49. The maximum Gasteiger partial charge on any atom is 0.317 e. The molecule has 0 spiro atoms. The summed E-state index contributed by atoms with van der Waals surface area (Å²) >= 11 is 0. The van der Waals surface area contributed by atoms with Crippen molar-refractivity contribution in [2.24, 2.45) is 0 Å². The van der Waals surface area contributed by atoms with E-state index in [4.69, 9.17) is 5.11 Å². The third-order valence-corrected chi connectivity index (χ3v) is 4.75. The Bertz CT molecular complexity index is 345. The van der Waals surface area contributed by atoms with Gasteiger partial charge in [-0.3, -0.25) is 14.5 Å². The molecule has 0 aromatic heterocycles. The lowest BCUT2D eigenvalue weighted by Gasteiger charge is -2.27. The van der Waals surface area contributed by atoms with Crippen molar-refractivity contribution >= 4 is 11.9 Å². The minimum Gasteiger partial charge on any atom is -0.480 e. The molecule has 0 bridgehead atoms. The lowest BCUT2D eigenvalue weighted by atomic mass is 10.1. The van der Waals surface area contributed by atoms with Crippen LogP contribution in [0.5, 0.6) is 0 Å². The fourth-order valence-corrected chi connectivity index (χ4v) is 3.64. The van der Waals surface area contributed by atoms with Gasteiger partial charge in [-0.2, -0.15) is 0 Å². The van der Waals surface area contributed by atoms with Crippen molar-refractivity contribution in [1.29, 1.82) is 0 Å². The van der Waals surface area contributed by atoms with Crippen LogP contribution < -0.4 is 5.32 Å². The Labute approximate surface area is 127 Å². The van der Waals surface area contributed by atoms with Gasteiger partial charge in [0.1, 0.15) is 0 Å². The predicted octanol–water partition coefficient (Wildman–Crippen LogP) is 2.15. The molecule has 2 saturated carbocycles. The summed E-state index contributed by atoms with van der Waals surface area (Å²) in [6.45, 7) is 0.205. The second-order valence-corrected chi connectivity index (χ2v) is 6.49. The first-order valence-electron chi connectivity index (χ1n) is 8.40. The van der Waals surface area contributed by atoms with Crippen LogP contribution in [0.25, 0.3) is 0 Å². The molecule has 5 heteroatoms. The first-order valence-corrected chi connectivity index (χ1v) is 8.40. The lowest BCUT2D eigenvalue weighted by molar-refractivity contribution is -0.139. The fraction of sp³-hybridized carbons (Fsp3) is 0.875. The molecule has 2 rings (SSSR count). The molecule has 0 aromatic rings. The molecular weight excluding hydrogens is 268 g/mol. The van der Waals surface area contributed by atoms with E-state index in [1.165, 1.54) is 25.7 Å². The number of nitrogens with one attached hydrogen (secondary N) is 1. The fourth-order valence-electron chi connectivity index (χ4n) is 3.64. The summed E-state index contributed by atoms with van der Waals surface area (Å²) in [5.74, 6) is -0.848. The van der Waals surface area contributed by atoms with Gasteiger partial charge >= 0.3 is 5.97 Å². The average Bonchev–Trinajstić information content (AvgIpc) is 2.84. The molecule has 2 N–H and O–H groups in total. The van der Waals surface area contributed by atoms with Gasteiger partial charge in [0.15, 0.2) is 0 Å². The Morgan fingerprint density at radius 2 is 1.48 bits per heavy atom. The molecule has 0 radical (unpaired) electrons. The zero-order valence-electron chi connectivity index (χ0n) is 12.9. The molecule has 0 aromatic carbocycles. The molecule has 0 atom stereocenters. The Balaban J connectivity index is 1.82. The molecule has 0 heterocycles. The van der Waals surface area contributed by atoms with Crippen LogP contribution in [0.3, 0.4) is 0 Å². The molecule has 2 aliphatic carbocycles. The van der Waals surface area contributed by atoms with Crippen LogP contribution in [0.2, 0.25) is 0 Å². The first kappa shape index (κ1) is 16.3. The molecule has 0 aliphatic heterocycles. The molecule has 0 unspecified atom stereocenters. The molecule has 120 valence electrons. The van der Waals surface area contributed by atoms with Crippen LogP contribution in [0.15, 0.2) is 0 Å². The summed E-state index contributed by atoms with van der Waals surface area (Å²) in [4.78, 5) is 25.1. The van der Waals surface area contributed by atoms with Crippen molar-refractivity contribution in [2.75, 3.05) is 13.1 Å². The Kier molecular flexibility index (Phi) is 6.49. The lowest BCUT2D eigenvalue weighted by Crippen LogP contribution is -2.46. The second kappa shape index (κ2) is 8.37. The smallest absolute Gasteiger partial charge is 0.317 e. The molecule has 5 nitrogen and oxygen atoms in total. The van der Waals surface area contributed by atoms with E-state index in [0.717, 1.165) is 38.5 Å². The van der Waals surface area contributed by atoms with Gasteiger partial charge in [-0.15, -0.1) is 0 Å². The monoisotopic (exact) mass is 296 g/mol. The summed E-state index contributed by atoms with van der Waals surface area (Å²) in [6.07, 6.45) is 11.4. The number of nitrogens with zero attached hydrogens (tertiary/aromatic N) is 1. The van der Waals surface area contributed by atoms with Gasteiger partial charge in [-0.1, -0.05) is 38.5 Å². The van der Waals surface area contributed by atoms with Crippen molar-refractivity contribution in [2.45, 2.75) is 76.3 Å². The summed E-state index contributed by atoms with van der Waals surface area (Å²) in [6, 6.07) is 0.552. The van der Waals surface area contributed by atoms with Gasteiger partial charge in [0, 0.05) is 12.1 Å². The van der Waals surface area contributed by atoms with Gasteiger partial charge in [0.25, 0.3) is 0 Å². The van der Waals surface area contributed by atoms with E-state index in [0.29, 0.717) is 0 Å². The molecular formula is C16H28N2O3.